The molecule has 5 nitrogen and oxygen atoms in total. The van der Waals surface area contributed by atoms with E-state index in [1.807, 2.05) is 12.1 Å². The Morgan fingerprint density at radius 3 is 2.83 bits per heavy atom. The van der Waals surface area contributed by atoms with E-state index in [0.717, 1.165) is 24.8 Å². The van der Waals surface area contributed by atoms with Gasteiger partial charge in [-0.3, -0.25) is 9.78 Å². The van der Waals surface area contributed by atoms with Crippen molar-refractivity contribution >= 4 is 15.7 Å². The molecule has 0 unspecified atom stereocenters. The zero-order valence-corrected chi connectivity index (χ0v) is 14.7. The van der Waals surface area contributed by atoms with Gasteiger partial charge in [-0.15, -0.1) is 0 Å². The highest BCUT2D eigenvalue weighted by Crippen LogP contribution is 2.25. The van der Waals surface area contributed by atoms with Crippen molar-refractivity contribution in [3.8, 4) is 0 Å². The van der Waals surface area contributed by atoms with Crippen LogP contribution in [-0.2, 0) is 21.2 Å². The second-order valence-electron chi connectivity index (χ2n) is 6.72. The molecule has 130 valence electrons. The van der Waals surface area contributed by atoms with Gasteiger partial charge in [0.15, 0.2) is 9.84 Å². The molecule has 1 aromatic heterocycles. The Kier molecular flexibility index (Phi) is 5.33. The zero-order chi connectivity index (χ0) is 17.0. The fourth-order valence-corrected chi connectivity index (χ4v) is 5.22. The number of amides is 1. The van der Waals surface area contributed by atoms with E-state index in [1.165, 1.54) is 12.0 Å². The summed E-state index contributed by atoms with van der Waals surface area (Å²) in [4.78, 5) is 18.7. The second-order valence-corrected chi connectivity index (χ2v) is 8.95. The number of allylic oxidation sites excluding steroid dienone is 1. The first-order valence-electron chi connectivity index (χ1n) is 8.60. The fourth-order valence-electron chi connectivity index (χ4n) is 3.49. The SMILES string of the molecule is O=C(CC1=CCCCC1)N(Cc1cccnc1)[C@@H]1CCS(=O)(=O)C1. The Balaban J connectivity index is 1.76. The highest BCUT2D eigenvalue weighted by atomic mass is 32.2. The number of carbonyl (C=O) groups is 1. The molecule has 0 N–H and O–H groups in total. The Morgan fingerprint density at radius 1 is 1.33 bits per heavy atom. The number of pyridine rings is 1. The lowest BCUT2D eigenvalue weighted by Gasteiger charge is -2.29. The topological polar surface area (TPSA) is 67.3 Å². The third kappa shape index (κ3) is 4.44. The Bertz CT molecular complexity index is 713. The van der Waals surface area contributed by atoms with Gasteiger partial charge in [0.1, 0.15) is 0 Å². The summed E-state index contributed by atoms with van der Waals surface area (Å²) in [7, 11) is -3.02. The molecule has 1 fully saturated rings. The maximum absolute atomic E-state index is 12.9. The van der Waals surface area contributed by atoms with Crippen LogP contribution in [0.1, 0.15) is 44.1 Å². The van der Waals surface area contributed by atoms with Crippen molar-refractivity contribution in [1.82, 2.24) is 9.88 Å². The Labute approximate surface area is 143 Å². The predicted molar refractivity (Wildman–Crippen MR) is 93.0 cm³/mol. The Hall–Kier alpha value is -1.69. The first-order valence-corrected chi connectivity index (χ1v) is 10.4. The summed E-state index contributed by atoms with van der Waals surface area (Å²) in [5, 5.41) is 0. The number of rotatable bonds is 5. The third-order valence-electron chi connectivity index (χ3n) is 4.81. The van der Waals surface area contributed by atoms with Gasteiger partial charge in [-0.05, 0) is 43.7 Å². The van der Waals surface area contributed by atoms with E-state index in [-0.39, 0.29) is 23.5 Å². The van der Waals surface area contributed by atoms with Crippen molar-refractivity contribution < 1.29 is 13.2 Å². The molecule has 0 bridgehead atoms. The monoisotopic (exact) mass is 348 g/mol. The molecule has 0 spiro atoms. The molecule has 6 heteroatoms. The molecule has 0 aromatic carbocycles. The summed E-state index contributed by atoms with van der Waals surface area (Å²) in [6.07, 6.45) is 10.9. The lowest BCUT2D eigenvalue weighted by atomic mass is 9.96. The number of aromatic nitrogens is 1. The summed E-state index contributed by atoms with van der Waals surface area (Å²) in [6.45, 7) is 0.431. The van der Waals surface area contributed by atoms with Crippen LogP contribution in [0.2, 0.25) is 0 Å². The minimum absolute atomic E-state index is 0.0362. The molecule has 24 heavy (non-hydrogen) atoms. The summed E-state index contributed by atoms with van der Waals surface area (Å²) >= 11 is 0. The van der Waals surface area contributed by atoms with Crippen LogP contribution in [-0.4, -0.2) is 41.8 Å². The van der Waals surface area contributed by atoms with Crippen LogP contribution >= 0.6 is 0 Å². The fraction of sp³-hybridized carbons (Fsp3) is 0.556. The smallest absolute Gasteiger partial charge is 0.227 e. The molecule has 1 aromatic rings. The second kappa shape index (κ2) is 7.47. The van der Waals surface area contributed by atoms with Crippen molar-refractivity contribution in [1.29, 1.82) is 0 Å². The van der Waals surface area contributed by atoms with Crippen LogP contribution in [0.5, 0.6) is 0 Å². The number of sulfone groups is 1. The van der Waals surface area contributed by atoms with Gasteiger partial charge in [0, 0.05) is 31.4 Å². The number of nitrogens with zero attached hydrogens (tertiary/aromatic N) is 2. The van der Waals surface area contributed by atoms with E-state index in [9.17, 15) is 13.2 Å². The quantitative estimate of drug-likeness (QED) is 0.767. The Morgan fingerprint density at radius 2 is 2.21 bits per heavy atom. The number of hydrogen-bond donors (Lipinski definition) is 0. The molecule has 2 heterocycles. The summed E-state index contributed by atoms with van der Waals surface area (Å²) in [6, 6.07) is 3.55. The van der Waals surface area contributed by atoms with Crippen LogP contribution in [0, 0.1) is 0 Å². The van der Waals surface area contributed by atoms with E-state index in [4.69, 9.17) is 0 Å². The maximum Gasteiger partial charge on any atom is 0.227 e. The van der Waals surface area contributed by atoms with Crippen LogP contribution in [0.25, 0.3) is 0 Å². The molecule has 3 rings (SSSR count). The molecule has 1 aliphatic carbocycles. The van der Waals surface area contributed by atoms with E-state index in [1.54, 1.807) is 17.3 Å². The molecule has 1 aliphatic heterocycles. The molecule has 2 aliphatic rings. The first kappa shape index (κ1) is 17.1. The van der Waals surface area contributed by atoms with E-state index in [0.29, 0.717) is 19.4 Å². The molecule has 1 amide bonds. The maximum atomic E-state index is 12.9. The van der Waals surface area contributed by atoms with Gasteiger partial charge >= 0.3 is 0 Å². The van der Waals surface area contributed by atoms with Gasteiger partial charge in [0.25, 0.3) is 0 Å². The average molecular weight is 348 g/mol. The van der Waals surface area contributed by atoms with Crippen molar-refractivity contribution in [3.05, 3.63) is 41.7 Å². The molecule has 0 saturated carbocycles. The largest absolute Gasteiger partial charge is 0.334 e. The minimum atomic E-state index is -3.02. The first-order chi connectivity index (χ1) is 11.5. The van der Waals surface area contributed by atoms with Gasteiger partial charge in [0.2, 0.25) is 5.91 Å². The minimum Gasteiger partial charge on any atom is -0.334 e. The molecule has 0 radical (unpaired) electrons. The third-order valence-corrected chi connectivity index (χ3v) is 6.56. The highest BCUT2D eigenvalue weighted by molar-refractivity contribution is 7.91. The highest BCUT2D eigenvalue weighted by Gasteiger charge is 2.34. The summed E-state index contributed by atoms with van der Waals surface area (Å²) < 4.78 is 23.7. The van der Waals surface area contributed by atoms with E-state index < -0.39 is 9.84 Å². The van der Waals surface area contributed by atoms with Crippen LogP contribution < -0.4 is 0 Å². The summed E-state index contributed by atoms with van der Waals surface area (Å²) in [5.74, 6) is 0.295. The zero-order valence-electron chi connectivity index (χ0n) is 13.9. The normalized spacial score (nSPS) is 22.8. The lowest BCUT2D eigenvalue weighted by molar-refractivity contribution is -0.133. The van der Waals surface area contributed by atoms with E-state index in [2.05, 4.69) is 11.1 Å². The average Bonchev–Trinajstić information content (AvgIpc) is 2.94. The number of carbonyl (C=O) groups excluding carboxylic acids is 1. The molecular formula is C18H24N2O3S. The van der Waals surface area contributed by atoms with Crippen LogP contribution in [0.3, 0.4) is 0 Å². The van der Waals surface area contributed by atoms with Gasteiger partial charge < -0.3 is 4.90 Å². The lowest BCUT2D eigenvalue weighted by Crippen LogP contribution is -2.40. The number of hydrogen-bond acceptors (Lipinski definition) is 4. The van der Waals surface area contributed by atoms with Gasteiger partial charge in [0.05, 0.1) is 11.5 Å². The van der Waals surface area contributed by atoms with Crippen molar-refractivity contribution in [3.63, 3.8) is 0 Å². The van der Waals surface area contributed by atoms with Crippen LogP contribution in [0.15, 0.2) is 36.2 Å². The van der Waals surface area contributed by atoms with E-state index >= 15 is 0 Å². The standard InChI is InChI=1S/C18H24N2O3S/c21-18(11-15-5-2-1-3-6-15)20(13-16-7-4-9-19-12-16)17-8-10-24(22,23)14-17/h4-5,7,9,12,17H,1-3,6,8,10-11,13-14H2/t17-/m1/s1. The van der Waals surface area contributed by atoms with Crippen molar-refractivity contribution in [2.75, 3.05) is 11.5 Å². The van der Waals surface area contributed by atoms with Crippen LogP contribution in [0.4, 0.5) is 0 Å². The van der Waals surface area contributed by atoms with Gasteiger partial charge in [-0.25, -0.2) is 8.42 Å². The summed E-state index contributed by atoms with van der Waals surface area (Å²) in [5.41, 5.74) is 2.14. The molecular weight excluding hydrogens is 324 g/mol. The van der Waals surface area contributed by atoms with Crippen molar-refractivity contribution in [2.45, 2.75) is 51.1 Å². The van der Waals surface area contributed by atoms with Gasteiger partial charge in [-0.2, -0.15) is 0 Å². The molecule has 1 atom stereocenters. The molecule has 1 saturated heterocycles. The predicted octanol–water partition coefficient (Wildman–Crippen LogP) is 2.49. The van der Waals surface area contributed by atoms with Gasteiger partial charge in [-0.1, -0.05) is 17.7 Å². The van der Waals surface area contributed by atoms with Crippen molar-refractivity contribution in [2.24, 2.45) is 0 Å².